The lowest BCUT2D eigenvalue weighted by atomic mass is 9.55. The number of fused-ring (bicyclic) bond motifs is 5. The van der Waals surface area contributed by atoms with Crippen molar-refractivity contribution in [3.8, 4) is 5.75 Å². The Labute approximate surface area is 166 Å². The molecule has 146 valence electrons. The minimum Gasteiger partial charge on any atom is -0.508 e. The Hall–Kier alpha value is -2.13. The Morgan fingerprint density at radius 3 is 2.64 bits per heavy atom. The third kappa shape index (κ3) is 2.56. The molecule has 2 aromatic rings. The topological polar surface area (TPSA) is 57.5 Å². The van der Waals surface area contributed by atoms with Crippen molar-refractivity contribution >= 4 is 5.78 Å². The highest BCUT2D eigenvalue weighted by Gasteiger charge is 2.54. The van der Waals surface area contributed by atoms with Crippen LogP contribution in [0.5, 0.6) is 5.75 Å². The van der Waals surface area contributed by atoms with Crippen molar-refractivity contribution in [2.75, 3.05) is 0 Å². The average molecular weight is 376 g/mol. The van der Waals surface area contributed by atoms with Gasteiger partial charge in [-0.1, -0.05) is 37.3 Å². The number of phenolic OH excluding ortho intramolecular Hbond substituents is 1. The van der Waals surface area contributed by atoms with E-state index in [9.17, 15) is 15.0 Å². The highest BCUT2D eigenvalue weighted by molar-refractivity contribution is 6.10. The van der Waals surface area contributed by atoms with Gasteiger partial charge in [0.2, 0.25) is 0 Å². The quantitative estimate of drug-likeness (QED) is 0.738. The van der Waals surface area contributed by atoms with Crippen molar-refractivity contribution in [2.45, 2.75) is 57.5 Å². The van der Waals surface area contributed by atoms with Crippen LogP contribution in [0, 0.1) is 17.3 Å². The first kappa shape index (κ1) is 17.9. The summed E-state index contributed by atoms with van der Waals surface area (Å²) in [5, 5.41) is 20.9. The summed E-state index contributed by atoms with van der Waals surface area (Å²) >= 11 is 0. The zero-order valence-corrected chi connectivity index (χ0v) is 16.4. The van der Waals surface area contributed by atoms with Crippen LogP contribution in [0.1, 0.15) is 72.0 Å². The fourth-order valence-corrected chi connectivity index (χ4v) is 6.62. The predicted molar refractivity (Wildman–Crippen MR) is 109 cm³/mol. The lowest BCUT2D eigenvalue weighted by molar-refractivity contribution is -0.0227. The van der Waals surface area contributed by atoms with Gasteiger partial charge in [0.1, 0.15) is 5.75 Å². The molecule has 5 rings (SSSR count). The molecule has 0 amide bonds. The maximum Gasteiger partial charge on any atom is 0.193 e. The molecule has 3 heteroatoms. The molecule has 2 aromatic carbocycles. The number of aromatic hydroxyl groups is 1. The Morgan fingerprint density at radius 1 is 1.07 bits per heavy atom. The van der Waals surface area contributed by atoms with Gasteiger partial charge in [-0.05, 0) is 85.0 Å². The average Bonchev–Trinajstić information content (AvgIpc) is 3.02. The Bertz CT molecular complexity index is 919. The Kier molecular flexibility index (Phi) is 4.13. The molecule has 28 heavy (non-hydrogen) atoms. The van der Waals surface area contributed by atoms with E-state index >= 15 is 0 Å². The lowest BCUT2D eigenvalue weighted by Gasteiger charge is -2.50. The normalized spacial score (nSPS) is 33.6. The lowest BCUT2D eigenvalue weighted by Crippen LogP contribution is -2.44. The predicted octanol–water partition coefficient (Wildman–Crippen LogP) is 4.84. The van der Waals surface area contributed by atoms with Gasteiger partial charge in [0.05, 0.1) is 6.10 Å². The van der Waals surface area contributed by atoms with Gasteiger partial charge in [-0.3, -0.25) is 4.79 Å². The van der Waals surface area contributed by atoms with Crippen LogP contribution < -0.4 is 0 Å². The smallest absolute Gasteiger partial charge is 0.193 e. The summed E-state index contributed by atoms with van der Waals surface area (Å²) in [4.78, 5) is 13.3. The van der Waals surface area contributed by atoms with Gasteiger partial charge in [-0.2, -0.15) is 0 Å². The largest absolute Gasteiger partial charge is 0.508 e. The molecule has 2 saturated carbocycles. The van der Waals surface area contributed by atoms with Crippen LogP contribution in [0.15, 0.2) is 42.5 Å². The summed E-state index contributed by atoms with van der Waals surface area (Å²) < 4.78 is 0. The number of aliphatic hydroxyl groups is 1. The molecule has 0 aliphatic heterocycles. The van der Waals surface area contributed by atoms with Gasteiger partial charge in [-0.25, -0.2) is 0 Å². The van der Waals surface area contributed by atoms with Crippen molar-refractivity contribution in [3.63, 3.8) is 0 Å². The SMILES string of the molecule is C[C@]12CC[C@@H]3c4c(cc(O)cc4C(=O)c4ccccc4)CC[C@H]3[C@@H]1CC[C@H]2O. The van der Waals surface area contributed by atoms with E-state index in [-0.39, 0.29) is 23.1 Å². The van der Waals surface area contributed by atoms with Gasteiger partial charge < -0.3 is 10.2 Å². The molecule has 3 aliphatic rings. The van der Waals surface area contributed by atoms with E-state index in [0.29, 0.717) is 28.9 Å². The summed E-state index contributed by atoms with van der Waals surface area (Å²) in [6.07, 6.45) is 5.83. The van der Waals surface area contributed by atoms with Crippen LogP contribution in [0.25, 0.3) is 0 Å². The van der Waals surface area contributed by atoms with Crippen LogP contribution in [-0.2, 0) is 6.42 Å². The molecule has 5 atom stereocenters. The van der Waals surface area contributed by atoms with E-state index < -0.39 is 0 Å². The van der Waals surface area contributed by atoms with Crippen LogP contribution in [0.4, 0.5) is 0 Å². The van der Waals surface area contributed by atoms with Crippen LogP contribution in [-0.4, -0.2) is 22.1 Å². The number of benzene rings is 2. The number of hydrogen-bond donors (Lipinski definition) is 2. The van der Waals surface area contributed by atoms with Gasteiger partial charge in [0.25, 0.3) is 0 Å². The molecule has 0 saturated heterocycles. The maximum atomic E-state index is 13.3. The van der Waals surface area contributed by atoms with Gasteiger partial charge >= 0.3 is 0 Å². The second-order valence-corrected chi connectivity index (χ2v) is 9.31. The molecule has 0 unspecified atom stereocenters. The molecule has 3 nitrogen and oxygen atoms in total. The maximum absolute atomic E-state index is 13.3. The first-order valence-electron chi connectivity index (χ1n) is 10.6. The number of aryl methyl sites for hydroxylation is 1. The van der Waals surface area contributed by atoms with Crippen molar-refractivity contribution in [1.29, 1.82) is 0 Å². The van der Waals surface area contributed by atoms with Crippen LogP contribution >= 0.6 is 0 Å². The fraction of sp³-hybridized carbons (Fsp3) is 0.480. The molecule has 3 aliphatic carbocycles. The van der Waals surface area contributed by atoms with Gasteiger partial charge in [-0.15, -0.1) is 0 Å². The Morgan fingerprint density at radius 2 is 1.86 bits per heavy atom. The van der Waals surface area contributed by atoms with Crippen molar-refractivity contribution in [1.82, 2.24) is 0 Å². The molecule has 2 N–H and O–H groups in total. The van der Waals surface area contributed by atoms with E-state index in [2.05, 4.69) is 6.92 Å². The number of aliphatic hydroxyl groups excluding tert-OH is 1. The minimum absolute atomic E-state index is 0.00759. The molecule has 0 bridgehead atoms. The number of rotatable bonds is 2. The second kappa shape index (κ2) is 6.45. The minimum atomic E-state index is -0.190. The zero-order chi connectivity index (χ0) is 19.5. The molecular weight excluding hydrogens is 348 g/mol. The fourth-order valence-electron chi connectivity index (χ4n) is 6.62. The number of carbonyl (C=O) groups is 1. The van der Waals surface area contributed by atoms with Crippen molar-refractivity contribution < 1.29 is 15.0 Å². The summed E-state index contributed by atoms with van der Waals surface area (Å²) in [6, 6.07) is 12.9. The highest BCUT2D eigenvalue weighted by atomic mass is 16.3. The van der Waals surface area contributed by atoms with E-state index in [4.69, 9.17) is 0 Å². The number of carbonyl (C=O) groups excluding carboxylic acids is 1. The summed E-state index contributed by atoms with van der Waals surface area (Å²) in [5.74, 6) is 1.61. The first-order valence-corrected chi connectivity index (χ1v) is 10.6. The monoisotopic (exact) mass is 376 g/mol. The number of hydrogen-bond acceptors (Lipinski definition) is 3. The van der Waals surface area contributed by atoms with Gasteiger partial charge in [0, 0.05) is 11.1 Å². The number of phenols is 1. The van der Waals surface area contributed by atoms with E-state index in [0.717, 1.165) is 44.1 Å². The molecule has 0 radical (unpaired) electrons. The third-order valence-corrected chi connectivity index (χ3v) is 8.04. The molecule has 0 spiro atoms. The van der Waals surface area contributed by atoms with E-state index in [1.807, 2.05) is 36.4 Å². The Balaban J connectivity index is 1.60. The summed E-state index contributed by atoms with van der Waals surface area (Å²) in [5.41, 5.74) is 3.69. The summed E-state index contributed by atoms with van der Waals surface area (Å²) in [7, 11) is 0. The summed E-state index contributed by atoms with van der Waals surface area (Å²) in [6.45, 7) is 2.27. The molecule has 0 heterocycles. The second-order valence-electron chi connectivity index (χ2n) is 9.31. The third-order valence-electron chi connectivity index (χ3n) is 8.04. The van der Waals surface area contributed by atoms with Crippen molar-refractivity contribution in [3.05, 3.63) is 64.7 Å². The number of ketones is 1. The molecule has 2 fully saturated rings. The molecular formula is C25H28O3. The van der Waals surface area contributed by atoms with E-state index in [1.165, 1.54) is 5.56 Å². The standard InChI is InChI=1S/C25H28O3/c1-25-12-11-19-18(21(25)9-10-22(25)27)8-7-16-13-17(26)14-20(23(16)19)24(28)15-5-3-2-4-6-15/h2-6,13-14,18-19,21-22,26-27H,7-12H2,1H3/t18-,19+,21+,22-,25+/m1/s1. The van der Waals surface area contributed by atoms with Gasteiger partial charge in [0.15, 0.2) is 5.78 Å². The molecule has 0 aromatic heterocycles. The van der Waals surface area contributed by atoms with Crippen molar-refractivity contribution in [2.24, 2.45) is 17.3 Å². The highest BCUT2D eigenvalue weighted by Crippen LogP contribution is 2.61. The van der Waals surface area contributed by atoms with E-state index in [1.54, 1.807) is 6.07 Å². The van der Waals surface area contributed by atoms with Crippen LogP contribution in [0.2, 0.25) is 0 Å². The first-order chi connectivity index (χ1) is 13.5. The van der Waals surface area contributed by atoms with Crippen LogP contribution in [0.3, 0.4) is 0 Å². The zero-order valence-electron chi connectivity index (χ0n) is 16.4.